The van der Waals surface area contributed by atoms with Gasteiger partial charge in [0.1, 0.15) is 0 Å². The lowest BCUT2D eigenvalue weighted by Crippen LogP contribution is -2.10. The Labute approximate surface area is 72.8 Å². The number of aliphatic hydroxyl groups excluding tert-OH is 1. The predicted octanol–water partition coefficient (Wildman–Crippen LogP) is 2.05. The van der Waals surface area contributed by atoms with Gasteiger partial charge in [-0.1, -0.05) is 22.0 Å². The van der Waals surface area contributed by atoms with E-state index >= 15 is 0 Å². The smallest absolute Gasteiger partial charge is 0.0685 e. The van der Waals surface area contributed by atoms with Gasteiger partial charge in [0.15, 0.2) is 0 Å². The Hall–Kier alpha value is 0.140. The van der Waals surface area contributed by atoms with Crippen LogP contribution in [0.3, 0.4) is 0 Å². The Morgan fingerprint density at radius 1 is 1.70 bits per heavy atom. The minimum Gasteiger partial charge on any atom is -0.392 e. The normalized spacial score (nSPS) is 13.4. The molecule has 0 aliphatic rings. The number of thiophene rings is 1. The van der Waals surface area contributed by atoms with Crippen molar-refractivity contribution in [3.8, 4) is 0 Å². The van der Waals surface area contributed by atoms with Crippen molar-refractivity contribution in [3.05, 3.63) is 22.4 Å². The first kappa shape index (κ1) is 8.24. The summed E-state index contributed by atoms with van der Waals surface area (Å²) in [6, 6.07) is 4.04. The number of hydrogen-bond donors (Lipinski definition) is 1. The van der Waals surface area contributed by atoms with Crippen LogP contribution in [0.1, 0.15) is 4.88 Å². The van der Waals surface area contributed by atoms with E-state index in [1.54, 1.807) is 11.3 Å². The van der Waals surface area contributed by atoms with Crippen LogP contribution >= 0.6 is 27.3 Å². The van der Waals surface area contributed by atoms with Gasteiger partial charge in [-0.25, -0.2) is 0 Å². The third kappa shape index (κ3) is 2.40. The van der Waals surface area contributed by atoms with Crippen LogP contribution < -0.4 is 0 Å². The van der Waals surface area contributed by atoms with Gasteiger partial charge in [-0.2, -0.15) is 0 Å². The van der Waals surface area contributed by atoms with Crippen LogP contribution in [0.2, 0.25) is 0 Å². The monoisotopic (exact) mass is 220 g/mol. The Bertz CT molecular complexity index is 174. The van der Waals surface area contributed by atoms with Crippen molar-refractivity contribution in [1.29, 1.82) is 0 Å². The first-order chi connectivity index (χ1) is 4.83. The zero-order valence-corrected chi connectivity index (χ0v) is 7.86. The second-order valence-corrected chi connectivity index (χ2v) is 3.77. The first-order valence-corrected chi connectivity index (χ1v) is 5.09. The first-order valence-electron chi connectivity index (χ1n) is 3.09. The van der Waals surface area contributed by atoms with Crippen LogP contribution in [0.4, 0.5) is 0 Å². The summed E-state index contributed by atoms with van der Waals surface area (Å²) < 4.78 is 0. The molecule has 1 atom stereocenters. The third-order valence-electron chi connectivity index (χ3n) is 1.20. The lowest BCUT2D eigenvalue weighted by Gasteiger charge is -2.02. The van der Waals surface area contributed by atoms with E-state index in [-0.39, 0.29) is 6.10 Å². The van der Waals surface area contributed by atoms with Gasteiger partial charge in [0, 0.05) is 16.6 Å². The Morgan fingerprint density at radius 2 is 2.50 bits per heavy atom. The summed E-state index contributed by atoms with van der Waals surface area (Å²) in [6.45, 7) is 0. The van der Waals surface area contributed by atoms with Crippen molar-refractivity contribution in [2.45, 2.75) is 12.5 Å². The number of halogens is 1. The highest BCUT2D eigenvalue weighted by molar-refractivity contribution is 9.09. The van der Waals surface area contributed by atoms with Crippen molar-refractivity contribution >= 4 is 27.3 Å². The Kier molecular flexibility index (Phi) is 3.39. The molecule has 0 aromatic carbocycles. The van der Waals surface area contributed by atoms with Gasteiger partial charge in [-0.15, -0.1) is 11.3 Å². The van der Waals surface area contributed by atoms with Gasteiger partial charge in [0.2, 0.25) is 0 Å². The summed E-state index contributed by atoms with van der Waals surface area (Å²) in [4.78, 5) is 1.24. The molecule has 0 aliphatic carbocycles. The number of hydrogen-bond acceptors (Lipinski definition) is 2. The van der Waals surface area contributed by atoms with Gasteiger partial charge < -0.3 is 5.11 Å². The Morgan fingerprint density at radius 3 is 3.00 bits per heavy atom. The van der Waals surface area contributed by atoms with E-state index in [1.807, 2.05) is 17.5 Å². The highest BCUT2D eigenvalue weighted by Gasteiger charge is 2.02. The average molecular weight is 221 g/mol. The molecule has 0 bridgehead atoms. The molecule has 10 heavy (non-hydrogen) atoms. The molecule has 56 valence electrons. The van der Waals surface area contributed by atoms with Crippen molar-refractivity contribution in [2.75, 3.05) is 5.33 Å². The Balaban J connectivity index is 2.40. The fourth-order valence-electron chi connectivity index (χ4n) is 0.716. The van der Waals surface area contributed by atoms with Crippen molar-refractivity contribution in [1.82, 2.24) is 0 Å². The third-order valence-corrected chi connectivity index (χ3v) is 2.84. The molecule has 0 radical (unpaired) electrons. The van der Waals surface area contributed by atoms with E-state index in [4.69, 9.17) is 0 Å². The van der Waals surface area contributed by atoms with Gasteiger partial charge >= 0.3 is 0 Å². The van der Waals surface area contributed by atoms with Gasteiger partial charge in [0.05, 0.1) is 6.10 Å². The van der Waals surface area contributed by atoms with Crippen molar-refractivity contribution in [3.63, 3.8) is 0 Å². The molecule has 0 amide bonds. The standard InChI is InChI=1S/C7H9BrOS/c8-5-6(9)4-7-2-1-3-10-7/h1-3,6,9H,4-5H2. The fraction of sp³-hybridized carbons (Fsp3) is 0.429. The van der Waals surface area contributed by atoms with Crippen molar-refractivity contribution < 1.29 is 5.11 Å². The van der Waals surface area contributed by atoms with Crippen LogP contribution in [0.5, 0.6) is 0 Å². The molecular weight excluding hydrogens is 212 g/mol. The molecule has 1 aromatic heterocycles. The van der Waals surface area contributed by atoms with E-state index in [2.05, 4.69) is 15.9 Å². The maximum absolute atomic E-state index is 9.19. The fourth-order valence-corrected chi connectivity index (χ4v) is 1.72. The number of rotatable bonds is 3. The number of alkyl halides is 1. The van der Waals surface area contributed by atoms with E-state index in [0.717, 1.165) is 6.42 Å². The quantitative estimate of drug-likeness (QED) is 0.774. The molecule has 0 saturated heterocycles. The van der Waals surface area contributed by atoms with Crippen molar-refractivity contribution in [2.24, 2.45) is 0 Å². The summed E-state index contributed by atoms with van der Waals surface area (Å²) in [6.07, 6.45) is 0.529. The van der Waals surface area contributed by atoms with Gasteiger partial charge in [-0.3, -0.25) is 0 Å². The molecule has 0 spiro atoms. The maximum atomic E-state index is 9.19. The molecule has 1 nitrogen and oxygen atoms in total. The molecule has 1 N–H and O–H groups in total. The molecular formula is C7H9BrOS. The van der Waals surface area contributed by atoms with E-state index in [1.165, 1.54) is 4.88 Å². The van der Waals surface area contributed by atoms with Gasteiger partial charge in [-0.05, 0) is 11.4 Å². The van der Waals surface area contributed by atoms with Crippen LogP contribution in [0.15, 0.2) is 17.5 Å². The van der Waals surface area contributed by atoms with Crippen LogP contribution in [0, 0.1) is 0 Å². The van der Waals surface area contributed by atoms with E-state index in [9.17, 15) is 5.11 Å². The summed E-state index contributed by atoms with van der Waals surface area (Å²) in [5.74, 6) is 0. The molecule has 1 heterocycles. The molecule has 1 aromatic rings. The zero-order chi connectivity index (χ0) is 7.40. The van der Waals surface area contributed by atoms with Crippen LogP contribution in [0.25, 0.3) is 0 Å². The molecule has 0 saturated carbocycles. The molecule has 1 unspecified atom stereocenters. The molecule has 0 fully saturated rings. The summed E-state index contributed by atoms with van der Waals surface area (Å²) in [5.41, 5.74) is 0. The highest BCUT2D eigenvalue weighted by atomic mass is 79.9. The molecule has 1 rings (SSSR count). The second-order valence-electron chi connectivity index (χ2n) is 2.09. The average Bonchev–Trinajstić information content (AvgIpc) is 2.40. The van der Waals surface area contributed by atoms with E-state index in [0.29, 0.717) is 5.33 Å². The predicted molar refractivity (Wildman–Crippen MR) is 47.8 cm³/mol. The zero-order valence-electron chi connectivity index (χ0n) is 5.46. The molecule has 0 aliphatic heterocycles. The summed E-state index contributed by atoms with van der Waals surface area (Å²) >= 11 is 4.90. The molecule has 3 heteroatoms. The second kappa shape index (κ2) is 4.11. The minimum absolute atomic E-state index is 0.237. The minimum atomic E-state index is -0.237. The summed E-state index contributed by atoms with van der Waals surface area (Å²) in [5, 5.41) is 11.9. The lowest BCUT2D eigenvalue weighted by atomic mass is 10.2. The summed E-state index contributed by atoms with van der Waals surface area (Å²) in [7, 11) is 0. The van der Waals surface area contributed by atoms with E-state index < -0.39 is 0 Å². The topological polar surface area (TPSA) is 20.2 Å². The highest BCUT2D eigenvalue weighted by Crippen LogP contribution is 2.11. The number of aliphatic hydroxyl groups is 1. The van der Waals surface area contributed by atoms with Gasteiger partial charge in [0.25, 0.3) is 0 Å². The maximum Gasteiger partial charge on any atom is 0.0685 e. The largest absolute Gasteiger partial charge is 0.392 e. The van der Waals surface area contributed by atoms with Crippen LogP contribution in [-0.4, -0.2) is 16.5 Å². The van der Waals surface area contributed by atoms with Crippen LogP contribution in [-0.2, 0) is 6.42 Å². The SMILES string of the molecule is OC(CBr)Cc1cccs1. The lowest BCUT2D eigenvalue weighted by molar-refractivity contribution is 0.202.